The van der Waals surface area contributed by atoms with Gasteiger partial charge >= 0.3 is 0 Å². The Hall–Kier alpha value is -4.70. The molecule has 0 aliphatic carbocycles. The molecule has 5 N–H and O–H groups in total. The molecule has 0 unspecified atom stereocenters. The van der Waals surface area contributed by atoms with Gasteiger partial charge in [0, 0.05) is 5.69 Å². The largest absolute Gasteiger partial charge is 0.399 e. The van der Waals surface area contributed by atoms with Crippen molar-refractivity contribution < 1.29 is 0 Å². The molecule has 0 saturated carbocycles. The number of pyridine rings is 2. The van der Waals surface area contributed by atoms with Gasteiger partial charge in [0.2, 0.25) is 0 Å². The second kappa shape index (κ2) is 14.4. The van der Waals surface area contributed by atoms with E-state index >= 15 is 0 Å². The van der Waals surface area contributed by atoms with Gasteiger partial charge < -0.3 is 11.5 Å². The number of aromatic nitrogens is 2. The van der Waals surface area contributed by atoms with Crippen molar-refractivity contribution in [3.8, 4) is 12.1 Å². The summed E-state index contributed by atoms with van der Waals surface area (Å²) < 4.78 is 0. The van der Waals surface area contributed by atoms with Gasteiger partial charge in [-0.2, -0.15) is 10.5 Å². The average Bonchev–Trinajstić information content (AvgIpc) is 2.88. The molecule has 4 rings (SSSR count). The van der Waals surface area contributed by atoms with Crippen LogP contribution in [0.25, 0.3) is 0 Å². The van der Waals surface area contributed by atoms with Crippen molar-refractivity contribution in [2.24, 2.45) is 10.3 Å². The number of rotatable bonds is 3. The Labute approximate surface area is 212 Å². The van der Waals surface area contributed by atoms with Crippen molar-refractivity contribution >= 4 is 46.0 Å². The number of anilines is 3. The summed E-state index contributed by atoms with van der Waals surface area (Å²) in [5.74, 6) is 0. The average molecular weight is 504 g/mol. The summed E-state index contributed by atoms with van der Waals surface area (Å²) in [4.78, 5) is 7.51. The molecule has 0 radical (unpaired) electrons. The van der Waals surface area contributed by atoms with Gasteiger partial charge in [0.1, 0.15) is 28.1 Å². The minimum absolute atomic E-state index is 0.140. The Bertz CT molecular complexity index is 1330. The summed E-state index contributed by atoms with van der Waals surface area (Å²) in [6.45, 7) is 0. The van der Waals surface area contributed by atoms with Gasteiger partial charge in [-0.05, 0) is 48.5 Å². The fraction of sp³-hybridized carbons (Fsp3) is 0. The standard InChI is InChI=1S/C12H8ClN5.C6H4ClN3.C6H7N/c13-12-7-6-10(11(8-14)15-12)17-18-16-9-4-2-1-3-5-9;7-6-2-1-4(9)5(3-8)10-6;7-6-4-2-1-3-5-6/h1-7H,(H,16,17);1-2H,9H2;1-5H,7H2. The number of nitrogens with zero attached hydrogens (tertiary/aromatic N) is 6. The van der Waals surface area contributed by atoms with Gasteiger partial charge in [0.05, 0.1) is 11.4 Å². The minimum Gasteiger partial charge on any atom is -0.399 e. The summed E-state index contributed by atoms with van der Waals surface area (Å²) in [7, 11) is 0. The zero-order chi connectivity index (χ0) is 25.5. The molecule has 0 atom stereocenters. The molecule has 0 bridgehead atoms. The first kappa shape index (κ1) is 26.6. The Kier molecular flexibility index (Phi) is 11.0. The van der Waals surface area contributed by atoms with Crippen LogP contribution < -0.4 is 16.9 Å². The Morgan fingerprint density at radius 3 is 1.77 bits per heavy atom. The lowest BCUT2D eigenvalue weighted by Crippen LogP contribution is -1.92. The molecule has 11 heteroatoms. The van der Waals surface area contributed by atoms with Gasteiger partial charge in [0.15, 0.2) is 11.4 Å². The molecular weight excluding hydrogens is 485 g/mol. The van der Waals surface area contributed by atoms with Crippen molar-refractivity contribution in [3.63, 3.8) is 0 Å². The summed E-state index contributed by atoms with van der Waals surface area (Å²) in [6.07, 6.45) is 0. The summed E-state index contributed by atoms with van der Waals surface area (Å²) in [5.41, 5.74) is 16.1. The van der Waals surface area contributed by atoms with Crippen LogP contribution in [0.5, 0.6) is 0 Å². The third-order valence-electron chi connectivity index (χ3n) is 3.85. The maximum atomic E-state index is 8.87. The molecule has 0 amide bonds. The number of benzene rings is 2. The highest BCUT2D eigenvalue weighted by molar-refractivity contribution is 6.29. The summed E-state index contributed by atoms with van der Waals surface area (Å²) in [6, 6.07) is 28.8. The first-order chi connectivity index (χ1) is 16.9. The normalized spacial score (nSPS) is 9.49. The number of nitrogens with two attached hydrogens (primary N) is 2. The highest BCUT2D eigenvalue weighted by Crippen LogP contribution is 2.19. The first-order valence-electron chi connectivity index (χ1n) is 9.84. The number of hydrogen-bond donors (Lipinski definition) is 3. The first-order valence-corrected chi connectivity index (χ1v) is 10.6. The molecular formula is C24H19Cl2N9. The van der Waals surface area contributed by atoms with Crippen LogP contribution in [0, 0.1) is 22.7 Å². The van der Waals surface area contributed by atoms with Crippen LogP contribution in [-0.4, -0.2) is 9.97 Å². The molecule has 9 nitrogen and oxygen atoms in total. The number of nitrogens with one attached hydrogen (secondary N) is 1. The quantitative estimate of drug-likeness (QED) is 0.130. The molecule has 35 heavy (non-hydrogen) atoms. The van der Waals surface area contributed by atoms with E-state index in [4.69, 9.17) is 45.2 Å². The zero-order valence-electron chi connectivity index (χ0n) is 18.2. The van der Waals surface area contributed by atoms with E-state index in [1.165, 1.54) is 6.07 Å². The van der Waals surface area contributed by atoms with Gasteiger partial charge in [-0.1, -0.05) is 64.8 Å². The van der Waals surface area contributed by atoms with E-state index in [-0.39, 0.29) is 21.7 Å². The van der Waals surface area contributed by atoms with Crippen LogP contribution in [0.3, 0.4) is 0 Å². The van der Waals surface area contributed by atoms with Crippen LogP contribution in [0.4, 0.5) is 22.7 Å². The lowest BCUT2D eigenvalue weighted by molar-refractivity contribution is 1.11. The predicted octanol–water partition coefficient (Wildman–Crippen LogP) is 6.18. The van der Waals surface area contributed by atoms with Crippen LogP contribution in [0.1, 0.15) is 11.4 Å². The smallest absolute Gasteiger partial charge is 0.169 e. The van der Waals surface area contributed by atoms with Crippen LogP contribution in [0.2, 0.25) is 10.3 Å². The monoisotopic (exact) mass is 503 g/mol. The van der Waals surface area contributed by atoms with E-state index < -0.39 is 0 Å². The van der Waals surface area contributed by atoms with Crippen LogP contribution in [-0.2, 0) is 0 Å². The zero-order valence-corrected chi connectivity index (χ0v) is 19.7. The second-order valence-electron chi connectivity index (χ2n) is 6.39. The predicted molar refractivity (Wildman–Crippen MR) is 138 cm³/mol. The molecule has 2 aromatic heterocycles. The topological polar surface area (TPSA) is 162 Å². The third kappa shape index (κ3) is 9.76. The second-order valence-corrected chi connectivity index (χ2v) is 7.16. The van der Waals surface area contributed by atoms with Crippen LogP contribution >= 0.6 is 23.2 Å². The summed E-state index contributed by atoms with van der Waals surface area (Å²) in [5, 5.41) is 25.5. The minimum atomic E-state index is 0.140. The number of nitrogen functional groups attached to an aromatic ring is 2. The molecule has 0 saturated heterocycles. The van der Waals surface area contributed by atoms with E-state index in [0.29, 0.717) is 11.4 Å². The maximum absolute atomic E-state index is 8.87. The van der Waals surface area contributed by atoms with E-state index in [9.17, 15) is 0 Å². The molecule has 0 fully saturated rings. The number of hydrogen-bond acceptors (Lipinski definition) is 8. The third-order valence-corrected chi connectivity index (χ3v) is 4.28. The molecule has 174 valence electrons. The lowest BCUT2D eigenvalue weighted by atomic mass is 10.3. The molecule has 2 aromatic carbocycles. The SMILES string of the molecule is N#Cc1nc(Cl)ccc1N.N#Cc1nc(Cl)ccc1N=NNc1ccccc1.Nc1ccccc1. The van der Waals surface area contributed by atoms with Crippen LogP contribution in [0.15, 0.2) is 95.3 Å². The molecule has 2 heterocycles. The molecule has 0 aliphatic rings. The molecule has 0 spiro atoms. The number of halogens is 2. The molecule has 0 aliphatic heterocycles. The van der Waals surface area contributed by atoms with E-state index in [1.807, 2.05) is 72.8 Å². The van der Waals surface area contributed by atoms with Gasteiger partial charge in [-0.25, -0.2) is 9.97 Å². The van der Waals surface area contributed by atoms with Crippen molar-refractivity contribution in [2.75, 3.05) is 16.9 Å². The Balaban J connectivity index is 0.000000212. The maximum Gasteiger partial charge on any atom is 0.169 e. The van der Waals surface area contributed by atoms with Gasteiger partial charge in [-0.3, -0.25) is 5.43 Å². The number of para-hydroxylation sites is 2. The van der Waals surface area contributed by atoms with E-state index in [0.717, 1.165) is 11.4 Å². The van der Waals surface area contributed by atoms with Crippen molar-refractivity contribution in [1.82, 2.24) is 9.97 Å². The number of nitriles is 2. The van der Waals surface area contributed by atoms with Crippen molar-refractivity contribution in [1.29, 1.82) is 10.5 Å². The van der Waals surface area contributed by atoms with Crippen molar-refractivity contribution in [3.05, 3.63) is 107 Å². The Morgan fingerprint density at radius 1 is 0.714 bits per heavy atom. The van der Waals surface area contributed by atoms with E-state index in [2.05, 4.69) is 25.7 Å². The lowest BCUT2D eigenvalue weighted by Gasteiger charge is -1.98. The van der Waals surface area contributed by atoms with Gasteiger partial charge in [-0.15, -0.1) is 5.11 Å². The Morgan fingerprint density at radius 2 is 1.26 bits per heavy atom. The summed E-state index contributed by atoms with van der Waals surface area (Å²) >= 11 is 11.2. The molecule has 4 aromatic rings. The van der Waals surface area contributed by atoms with Gasteiger partial charge in [0.25, 0.3) is 0 Å². The fourth-order valence-corrected chi connectivity index (χ4v) is 2.52. The fourth-order valence-electron chi connectivity index (χ4n) is 2.23. The highest BCUT2D eigenvalue weighted by Gasteiger charge is 2.03. The highest BCUT2D eigenvalue weighted by atomic mass is 35.5. The van der Waals surface area contributed by atoms with Crippen molar-refractivity contribution in [2.45, 2.75) is 0 Å². The van der Waals surface area contributed by atoms with E-state index in [1.54, 1.807) is 18.2 Å².